The van der Waals surface area contributed by atoms with Gasteiger partial charge in [-0.15, -0.1) is 0 Å². The molecule has 110 valence electrons. The van der Waals surface area contributed by atoms with E-state index in [9.17, 15) is 4.79 Å². The molecule has 0 radical (unpaired) electrons. The maximum Gasteiger partial charge on any atom is 0.250 e. The zero-order valence-corrected chi connectivity index (χ0v) is 11.9. The predicted octanol–water partition coefficient (Wildman–Crippen LogP) is 2.10. The highest BCUT2D eigenvalue weighted by Gasteiger charge is 2.14. The van der Waals surface area contributed by atoms with Crippen molar-refractivity contribution in [3.8, 4) is 0 Å². The van der Waals surface area contributed by atoms with Crippen molar-refractivity contribution < 1.29 is 14.3 Å². The Balaban J connectivity index is 1.70. The maximum absolute atomic E-state index is 11.7. The topological polar surface area (TPSA) is 73.6 Å². The molecule has 5 heteroatoms. The highest BCUT2D eigenvalue weighted by Crippen LogP contribution is 2.17. The molecule has 1 fully saturated rings. The Bertz CT molecular complexity index is 456. The smallest absolute Gasteiger partial charge is 0.250 e. The zero-order chi connectivity index (χ0) is 14.4. The van der Waals surface area contributed by atoms with E-state index in [2.05, 4.69) is 5.32 Å². The van der Waals surface area contributed by atoms with Crippen LogP contribution in [0.5, 0.6) is 0 Å². The molecule has 1 aromatic carbocycles. The van der Waals surface area contributed by atoms with E-state index in [1.807, 2.05) is 19.1 Å². The fraction of sp³-hybridized carbons (Fsp3) is 0.533. The average molecular weight is 278 g/mol. The minimum absolute atomic E-state index is 0.0354. The van der Waals surface area contributed by atoms with Crippen molar-refractivity contribution >= 4 is 17.3 Å². The molecule has 1 aliphatic heterocycles. The van der Waals surface area contributed by atoms with Crippen molar-refractivity contribution in [2.24, 2.45) is 0 Å². The van der Waals surface area contributed by atoms with Crippen LogP contribution in [0.15, 0.2) is 18.2 Å². The number of nitrogens with two attached hydrogens (primary N) is 1. The standard InChI is InChI=1S/C15H22N2O3/c1-11-5-6-12(8-14(11)16)17-15(18)10-19-9-13-4-2-3-7-20-13/h5-6,8,13H,2-4,7,9-10,16H2,1H3,(H,17,18). The third kappa shape index (κ3) is 4.51. The molecule has 20 heavy (non-hydrogen) atoms. The van der Waals surface area contributed by atoms with E-state index in [0.29, 0.717) is 18.0 Å². The molecule has 1 amide bonds. The normalized spacial score (nSPS) is 18.8. The molecule has 1 aromatic rings. The Kier molecular flexibility index (Phi) is 5.38. The number of anilines is 2. The lowest BCUT2D eigenvalue weighted by Gasteiger charge is -2.22. The first-order chi connectivity index (χ1) is 9.65. The number of nitrogens with one attached hydrogen (secondary N) is 1. The first-order valence-electron chi connectivity index (χ1n) is 7.00. The number of carbonyl (C=O) groups excluding carboxylic acids is 1. The maximum atomic E-state index is 11.7. The first kappa shape index (κ1) is 14.8. The van der Waals surface area contributed by atoms with E-state index in [-0.39, 0.29) is 18.6 Å². The number of benzene rings is 1. The predicted molar refractivity (Wildman–Crippen MR) is 78.6 cm³/mol. The van der Waals surface area contributed by atoms with Crippen LogP contribution >= 0.6 is 0 Å². The van der Waals surface area contributed by atoms with Crippen LogP contribution in [0.1, 0.15) is 24.8 Å². The lowest BCUT2D eigenvalue weighted by molar-refractivity contribution is -0.122. The molecule has 5 nitrogen and oxygen atoms in total. The molecule has 1 heterocycles. The first-order valence-corrected chi connectivity index (χ1v) is 7.00. The number of carbonyl (C=O) groups is 1. The third-order valence-corrected chi connectivity index (χ3v) is 3.37. The lowest BCUT2D eigenvalue weighted by atomic mass is 10.1. The summed E-state index contributed by atoms with van der Waals surface area (Å²) in [5.74, 6) is -0.177. The van der Waals surface area contributed by atoms with Crippen LogP contribution in [0.4, 0.5) is 11.4 Å². The molecule has 0 aliphatic carbocycles. The van der Waals surface area contributed by atoms with Crippen LogP contribution in [-0.4, -0.2) is 31.8 Å². The van der Waals surface area contributed by atoms with Gasteiger partial charge in [-0.25, -0.2) is 0 Å². The number of aryl methyl sites for hydroxylation is 1. The summed E-state index contributed by atoms with van der Waals surface area (Å²) in [7, 11) is 0. The second-order valence-corrected chi connectivity index (χ2v) is 5.12. The number of hydrogen-bond donors (Lipinski definition) is 2. The highest BCUT2D eigenvalue weighted by atomic mass is 16.5. The molecule has 0 aromatic heterocycles. The van der Waals surface area contributed by atoms with E-state index < -0.39 is 0 Å². The Hall–Kier alpha value is -1.59. The lowest BCUT2D eigenvalue weighted by Crippen LogP contribution is -2.27. The zero-order valence-electron chi connectivity index (χ0n) is 11.9. The fourth-order valence-corrected chi connectivity index (χ4v) is 2.14. The van der Waals surface area contributed by atoms with E-state index in [1.165, 1.54) is 6.42 Å². The monoisotopic (exact) mass is 278 g/mol. The van der Waals surface area contributed by atoms with Crippen molar-refractivity contribution in [1.82, 2.24) is 0 Å². The molecule has 1 aliphatic rings. The Labute approximate surface area is 119 Å². The van der Waals surface area contributed by atoms with Crippen molar-refractivity contribution in [2.75, 3.05) is 30.9 Å². The van der Waals surface area contributed by atoms with Crippen molar-refractivity contribution in [2.45, 2.75) is 32.3 Å². The largest absolute Gasteiger partial charge is 0.398 e. The molecule has 3 N–H and O–H groups in total. The van der Waals surface area contributed by atoms with Crippen molar-refractivity contribution in [1.29, 1.82) is 0 Å². The number of ether oxygens (including phenoxy) is 2. The highest BCUT2D eigenvalue weighted by molar-refractivity contribution is 5.92. The average Bonchev–Trinajstić information content (AvgIpc) is 2.44. The van der Waals surface area contributed by atoms with Crippen LogP contribution in [0, 0.1) is 6.92 Å². The number of amides is 1. The van der Waals surface area contributed by atoms with Gasteiger partial charge in [-0.1, -0.05) is 6.07 Å². The Morgan fingerprint density at radius 2 is 2.35 bits per heavy atom. The molecule has 0 saturated carbocycles. The summed E-state index contributed by atoms with van der Waals surface area (Å²) in [5, 5.41) is 2.76. The van der Waals surface area contributed by atoms with E-state index >= 15 is 0 Å². The molecule has 0 bridgehead atoms. The summed E-state index contributed by atoms with van der Waals surface area (Å²) in [6, 6.07) is 5.45. The number of hydrogen-bond acceptors (Lipinski definition) is 4. The van der Waals surface area contributed by atoms with Crippen molar-refractivity contribution in [3.05, 3.63) is 23.8 Å². The van der Waals surface area contributed by atoms with Gasteiger partial charge >= 0.3 is 0 Å². The van der Waals surface area contributed by atoms with Gasteiger partial charge in [0, 0.05) is 18.0 Å². The van der Waals surface area contributed by atoms with Crippen molar-refractivity contribution in [3.63, 3.8) is 0 Å². The summed E-state index contributed by atoms with van der Waals surface area (Å²) >= 11 is 0. The van der Waals surface area contributed by atoms with Gasteiger partial charge in [0.25, 0.3) is 0 Å². The minimum Gasteiger partial charge on any atom is -0.398 e. The fourth-order valence-electron chi connectivity index (χ4n) is 2.14. The van der Waals surface area contributed by atoms with Gasteiger partial charge in [-0.3, -0.25) is 4.79 Å². The number of rotatable bonds is 5. The van der Waals surface area contributed by atoms with E-state index in [4.69, 9.17) is 15.2 Å². The number of nitrogen functional groups attached to an aromatic ring is 1. The summed E-state index contributed by atoms with van der Waals surface area (Å²) in [4.78, 5) is 11.7. The van der Waals surface area contributed by atoms with Gasteiger partial charge in [0.1, 0.15) is 6.61 Å². The summed E-state index contributed by atoms with van der Waals surface area (Å²) in [5.41, 5.74) is 8.15. The van der Waals surface area contributed by atoms with E-state index in [0.717, 1.165) is 25.0 Å². The van der Waals surface area contributed by atoms with Crippen LogP contribution in [0.2, 0.25) is 0 Å². The Morgan fingerprint density at radius 1 is 1.50 bits per heavy atom. The van der Waals surface area contributed by atoms with E-state index in [1.54, 1.807) is 6.07 Å². The third-order valence-electron chi connectivity index (χ3n) is 3.37. The second kappa shape index (κ2) is 7.26. The molecule has 0 spiro atoms. The van der Waals surface area contributed by atoms with Gasteiger partial charge in [0.15, 0.2) is 0 Å². The summed E-state index contributed by atoms with van der Waals surface area (Å²) < 4.78 is 10.9. The van der Waals surface area contributed by atoms with Crippen LogP contribution in [-0.2, 0) is 14.3 Å². The summed E-state index contributed by atoms with van der Waals surface area (Å²) in [6.45, 7) is 3.23. The molecular formula is C15H22N2O3. The van der Waals surface area contributed by atoms with Gasteiger partial charge in [-0.2, -0.15) is 0 Å². The SMILES string of the molecule is Cc1ccc(NC(=O)COCC2CCCCO2)cc1N. The van der Waals surface area contributed by atoms with Crippen LogP contribution in [0.3, 0.4) is 0 Å². The molecule has 1 saturated heterocycles. The quantitative estimate of drug-likeness (QED) is 0.809. The van der Waals surface area contributed by atoms with Gasteiger partial charge < -0.3 is 20.5 Å². The molecule has 1 atom stereocenters. The van der Waals surface area contributed by atoms with Crippen LogP contribution in [0.25, 0.3) is 0 Å². The van der Waals surface area contributed by atoms with Gasteiger partial charge in [0.2, 0.25) is 5.91 Å². The summed E-state index contributed by atoms with van der Waals surface area (Å²) in [6.07, 6.45) is 3.43. The molecular weight excluding hydrogens is 256 g/mol. The molecule has 2 rings (SSSR count). The Morgan fingerprint density at radius 3 is 3.05 bits per heavy atom. The second-order valence-electron chi connectivity index (χ2n) is 5.12. The van der Waals surface area contributed by atoms with Crippen LogP contribution < -0.4 is 11.1 Å². The molecule has 1 unspecified atom stereocenters. The van der Waals surface area contributed by atoms with Gasteiger partial charge in [0.05, 0.1) is 12.7 Å². The minimum atomic E-state index is -0.177. The van der Waals surface area contributed by atoms with Gasteiger partial charge in [-0.05, 0) is 43.9 Å².